The lowest BCUT2D eigenvalue weighted by Crippen LogP contribution is -2.32. The largest absolute Gasteiger partial charge is 0.494 e. The highest BCUT2D eigenvalue weighted by atomic mass is 32.2. The zero-order valence-electron chi connectivity index (χ0n) is 12.1. The van der Waals surface area contributed by atoms with E-state index in [0.717, 1.165) is 25.7 Å². The topological polar surface area (TPSA) is 55.4 Å². The van der Waals surface area contributed by atoms with Crippen LogP contribution in [0.4, 0.5) is 0 Å². The van der Waals surface area contributed by atoms with Crippen molar-refractivity contribution in [1.82, 2.24) is 4.72 Å². The fourth-order valence-corrected chi connectivity index (χ4v) is 3.82. The van der Waals surface area contributed by atoms with E-state index in [4.69, 9.17) is 4.74 Å². The molecular weight excluding hydrogens is 274 g/mol. The first kappa shape index (κ1) is 15.3. The highest BCUT2D eigenvalue weighted by Gasteiger charge is 2.26. The van der Waals surface area contributed by atoms with Gasteiger partial charge in [0.2, 0.25) is 10.0 Å². The Morgan fingerprint density at radius 1 is 1.25 bits per heavy atom. The van der Waals surface area contributed by atoms with Gasteiger partial charge in [-0.1, -0.05) is 13.8 Å². The van der Waals surface area contributed by atoms with Crippen LogP contribution in [0.2, 0.25) is 0 Å². The average molecular weight is 297 g/mol. The van der Waals surface area contributed by atoms with Crippen LogP contribution in [-0.2, 0) is 10.0 Å². The molecule has 0 radical (unpaired) electrons. The first-order chi connectivity index (χ1) is 9.51. The highest BCUT2D eigenvalue weighted by Crippen LogP contribution is 2.26. The van der Waals surface area contributed by atoms with Gasteiger partial charge in [0.1, 0.15) is 5.75 Å². The summed E-state index contributed by atoms with van der Waals surface area (Å²) in [5.74, 6) is 1.31. The van der Waals surface area contributed by atoms with E-state index in [1.807, 2.05) is 6.92 Å². The van der Waals surface area contributed by atoms with Gasteiger partial charge < -0.3 is 4.74 Å². The van der Waals surface area contributed by atoms with Crippen LogP contribution < -0.4 is 9.46 Å². The molecule has 1 aromatic carbocycles. The van der Waals surface area contributed by atoms with Crippen LogP contribution >= 0.6 is 0 Å². The lowest BCUT2D eigenvalue weighted by atomic mass is 10.1. The molecule has 4 nitrogen and oxygen atoms in total. The van der Waals surface area contributed by atoms with E-state index in [0.29, 0.717) is 23.2 Å². The molecule has 1 aromatic rings. The summed E-state index contributed by atoms with van der Waals surface area (Å²) in [5, 5.41) is 0. The number of benzene rings is 1. The Bertz CT molecular complexity index is 525. The van der Waals surface area contributed by atoms with E-state index < -0.39 is 10.0 Å². The molecule has 0 amide bonds. The standard InChI is InChI=1S/C15H23NO3S/c1-3-10-19-14-6-8-15(9-7-14)20(17,18)16-13-5-4-12(2)11-13/h6-9,12-13,16H,3-5,10-11H2,1-2H3. The molecule has 0 spiro atoms. The fourth-order valence-electron chi connectivity index (χ4n) is 2.54. The molecule has 2 atom stereocenters. The zero-order valence-corrected chi connectivity index (χ0v) is 12.9. The van der Waals surface area contributed by atoms with Crippen LogP contribution in [-0.4, -0.2) is 21.1 Å². The van der Waals surface area contributed by atoms with Crippen molar-refractivity contribution in [3.63, 3.8) is 0 Å². The Labute approximate surface area is 121 Å². The molecule has 2 rings (SSSR count). The SMILES string of the molecule is CCCOc1ccc(S(=O)(=O)NC2CCC(C)C2)cc1. The van der Waals surface area contributed by atoms with E-state index in [1.54, 1.807) is 24.3 Å². The molecule has 1 aliphatic rings. The van der Waals surface area contributed by atoms with Crippen molar-refractivity contribution < 1.29 is 13.2 Å². The quantitative estimate of drug-likeness (QED) is 0.878. The van der Waals surface area contributed by atoms with Crippen LogP contribution in [0.5, 0.6) is 5.75 Å². The van der Waals surface area contributed by atoms with Crippen LogP contribution in [0.1, 0.15) is 39.5 Å². The molecule has 0 saturated heterocycles. The van der Waals surface area contributed by atoms with Crippen LogP contribution in [0, 0.1) is 5.92 Å². The van der Waals surface area contributed by atoms with Crippen molar-refractivity contribution in [2.24, 2.45) is 5.92 Å². The summed E-state index contributed by atoms with van der Waals surface area (Å²) in [6.45, 7) is 4.84. The highest BCUT2D eigenvalue weighted by molar-refractivity contribution is 7.89. The summed E-state index contributed by atoms with van der Waals surface area (Å²) in [5.41, 5.74) is 0. The molecule has 0 aromatic heterocycles. The van der Waals surface area contributed by atoms with Crippen molar-refractivity contribution >= 4 is 10.0 Å². The second-order valence-corrected chi connectivity index (χ2v) is 7.27. The van der Waals surface area contributed by atoms with Gasteiger partial charge in [-0.05, 0) is 55.9 Å². The molecule has 0 bridgehead atoms. The number of sulfonamides is 1. The normalized spacial score (nSPS) is 22.9. The molecular formula is C15H23NO3S. The Kier molecular flexibility index (Phi) is 5.05. The summed E-state index contributed by atoms with van der Waals surface area (Å²) in [4.78, 5) is 0.306. The molecule has 1 aliphatic carbocycles. The molecule has 5 heteroatoms. The van der Waals surface area contributed by atoms with Gasteiger partial charge in [0.15, 0.2) is 0 Å². The molecule has 2 unspecified atom stereocenters. The molecule has 1 saturated carbocycles. The summed E-state index contributed by atoms with van der Waals surface area (Å²) in [6.07, 6.45) is 3.88. The minimum Gasteiger partial charge on any atom is -0.494 e. The van der Waals surface area contributed by atoms with Gasteiger partial charge in [-0.25, -0.2) is 13.1 Å². The molecule has 1 fully saturated rings. The van der Waals surface area contributed by atoms with Crippen molar-refractivity contribution in [2.75, 3.05) is 6.61 Å². The van der Waals surface area contributed by atoms with Crippen molar-refractivity contribution in [2.45, 2.75) is 50.5 Å². The van der Waals surface area contributed by atoms with Crippen molar-refractivity contribution in [3.8, 4) is 5.75 Å². The predicted molar refractivity (Wildman–Crippen MR) is 79.4 cm³/mol. The third-order valence-corrected chi connectivity index (χ3v) is 5.16. The van der Waals surface area contributed by atoms with Crippen LogP contribution in [0.3, 0.4) is 0 Å². The Balaban J connectivity index is 2.01. The Morgan fingerprint density at radius 3 is 2.50 bits per heavy atom. The molecule has 0 aliphatic heterocycles. The fraction of sp³-hybridized carbons (Fsp3) is 0.600. The minimum absolute atomic E-state index is 0.0750. The van der Waals surface area contributed by atoms with Gasteiger partial charge >= 0.3 is 0 Å². The van der Waals surface area contributed by atoms with E-state index >= 15 is 0 Å². The maximum absolute atomic E-state index is 12.3. The summed E-state index contributed by atoms with van der Waals surface area (Å²) < 4.78 is 32.8. The van der Waals surface area contributed by atoms with Gasteiger partial charge in [0.05, 0.1) is 11.5 Å². The smallest absolute Gasteiger partial charge is 0.240 e. The number of rotatable bonds is 6. The lowest BCUT2D eigenvalue weighted by Gasteiger charge is -2.13. The van der Waals surface area contributed by atoms with Gasteiger partial charge in [-0.3, -0.25) is 0 Å². The number of hydrogen-bond acceptors (Lipinski definition) is 3. The van der Waals surface area contributed by atoms with E-state index in [9.17, 15) is 8.42 Å². The Morgan fingerprint density at radius 2 is 1.95 bits per heavy atom. The predicted octanol–water partition coefficient (Wildman–Crippen LogP) is 2.94. The monoisotopic (exact) mass is 297 g/mol. The maximum atomic E-state index is 12.3. The van der Waals surface area contributed by atoms with E-state index in [-0.39, 0.29) is 6.04 Å². The molecule has 20 heavy (non-hydrogen) atoms. The van der Waals surface area contributed by atoms with Gasteiger partial charge in [0, 0.05) is 6.04 Å². The average Bonchev–Trinajstić information content (AvgIpc) is 2.81. The van der Waals surface area contributed by atoms with Crippen LogP contribution in [0.25, 0.3) is 0 Å². The van der Waals surface area contributed by atoms with E-state index in [2.05, 4.69) is 11.6 Å². The summed E-state index contributed by atoms with van der Waals surface area (Å²) >= 11 is 0. The molecule has 1 N–H and O–H groups in total. The lowest BCUT2D eigenvalue weighted by molar-refractivity contribution is 0.317. The maximum Gasteiger partial charge on any atom is 0.240 e. The van der Waals surface area contributed by atoms with E-state index in [1.165, 1.54) is 0 Å². The summed E-state index contributed by atoms with van der Waals surface area (Å²) in [6, 6.07) is 6.70. The minimum atomic E-state index is -3.41. The van der Waals surface area contributed by atoms with Gasteiger partial charge in [-0.2, -0.15) is 0 Å². The first-order valence-corrected chi connectivity index (χ1v) is 8.75. The summed E-state index contributed by atoms with van der Waals surface area (Å²) in [7, 11) is -3.41. The zero-order chi connectivity index (χ0) is 14.6. The molecule has 112 valence electrons. The second kappa shape index (κ2) is 6.59. The molecule has 0 heterocycles. The van der Waals surface area contributed by atoms with Gasteiger partial charge in [0.25, 0.3) is 0 Å². The van der Waals surface area contributed by atoms with Crippen LogP contribution in [0.15, 0.2) is 29.2 Å². The third-order valence-electron chi connectivity index (χ3n) is 3.62. The van der Waals surface area contributed by atoms with Crippen molar-refractivity contribution in [1.29, 1.82) is 0 Å². The number of hydrogen-bond donors (Lipinski definition) is 1. The van der Waals surface area contributed by atoms with Gasteiger partial charge in [-0.15, -0.1) is 0 Å². The Hall–Kier alpha value is -1.07. The first-order valence-electron chi connectivity index (χ1n) is 7.26. The van der Waals surface area contributed by atoms with Crippen molar-refractivity contribution in [3.05, 3.63) is 24.3 Å². The number of nitrogens with one attached hydrogen (secondary N) is 1. The number of ether oxygens (including phenoxy) is 1. The second-order valence-electron chi connectivity index (χ2n) is 5.56. The third kappa shape index (κ3) is 3.96.